The van der Waals surface area contributed by atoms with Gasteiger partial charge in [0.05, 0.1) is 11.7 Å². The second-order valence-corrected chi connectivity index (χ2v) is 8.82. The highest BCUT2D eigenvalue weighted by molar-refractivity contribution is 9.09. The molecule has 1 aliphatic rings. The lowest BCUT2D eigenvalue weighted by molar-refractivity contribution is 0.0735. The van der Waals surface area contributed by atoms with Gasteiger partial charge in [0.25, 0.3) is 0 Å². The summed E-state index contributed by atoms with van der Waals surface area (Å²) in [6, 6.07) is 0. The Labute approximate surface area is 150 Å². The summed E-state index contributed by atoms with van der Waals surface area (Å²) in [5.74, 6) is 0.393. The van der Waals surface area contributed by atoms with E-state index in [1.54, 1.807) is 6.08 Å². The van der Waals surface area contributed by atoms with E-state index in [0.29, 0.717) is 17.2 Å². The zero-order valence-corrected chi connectivity index (χ0v) is 16.7. The van der Waals surface area contributed by atoms with Crippen molar-refractivity contribution in [3.63, 3.8) is 0 Å². The maximum Gasteiger partial charge on any atom is 0.0797 e. The summed E-state index contributed by atoms with van der Waals surface area (Å²) in [5, 5.41) is 20.4. The SMILES string of the molecule is C=CC(C)(O)CCC1C(C)=CCC(Br)C1(C)CCC(O)C(=C)C. The molecule has 0 spiro atoms. The van der Waals surface area contributed by atoms with Crippen LogP contribution in [0.15, 0.2) is 36.5 Å². The van der Waals surface area contributed by atoms with Crippen LogP contribution in [0.3, 0.4) is 0 Å². The number of aliphatic hydroxyl groups excluding tert-OH is 1. The molecule has 0 heterocycles. The zero-order valence-electron chi connectivity index (χ0n) is 15.1. The van der Waals surface area contributed by atoms with E-state index >= 15 is 0 Å². The third-order valence-corrected chi connectivity index (χ3v) is 7.03. The molecule has 0 aromatic heterocycles. The second kappa shape index (κ2) is 8.13. The predicted octanol–water partition coefficient (Wildman–Crippen LogP) is 5.16. The van der Waals surface area contributed by atoms with Crippen LogP contribution < -0.4 is 0 Å². The Morgan fingerprint density at radius 1 is 1.61 bits per heavy atom. The molecule has 132 valence electrons. The average molecular weight is 385 g/mol. The Hall–Kier alpha value is -0.380. The van der Waals surface area contributed by atoms with Crippen molar-refractivity contribution < 1.29 is 10.2 Å². The van der Waals surface area contributed by atoms with Gasteiger partial charge in [0, 0.05) is 4.83 Å². The molecule has 0 aromatic rings. The fourth-order valence-corrected chi connectivity index (χ4v) is 4.30. The monoisotopic (exact) mass is 384 g/mol. The summed E-state index contributed by atoms with van der Waals surface area (Å²) >= 11 is 3.87. The molecular weight excluding hydrogens is 352 g/mol. The van der Waals surface area contributed by atoms with Crippen LogP contribution in [-0.4, -0.2) is 26.7 Å². The number of hydrogen-bond donors (Lipinski definition) is 2. The Morgan fingerprint density at radius 3 is 2.74 bits per heavy atom. The fraction of sp³-hybridized carbons (Fsp3) is 0.700. The molecular formula is C20H33BrO2. The molecule has 0 amide bonds. The summed E-state index contributed by atoms with van der Waals surface area (Å²) in [7, 11) is 0. The quantitative estimate of drug-likeness (QED) is 0.448. The van der Waals surface area contributed by atoms with Gasteiger partial charge in [-0.2, -0.15) is 0 Å². The predicted molar refractivity (Wildman–Crippen MR) is 103 cm³/mol. The van der Waals surface area contributed by atoms with Gasteiger partial charge in [-0.1, -0.05) is 52.7 Å². The van der Waals surface area contributed by atoms with Crippen molar-refractivity contribution in [2.75, 3.05) is 0 Å². The van der Waals surface area contributed by atoms with Crippen molar-refractivity contribution in [1.82, 2.24) is 0 Å². The van der Waals surface area contributed by atoms with Crippen molar-refractivity contribution in [1.29, 1.82) is 0 Å². The van der Waals surface area contributed by atoms with Crippen molar-refractivity contribution >= 4 is 15.9 Å². The van der Waals surface area contributed by atoms with Crippen LogP contribution in [0.25, 0.3) is 0 Å². The highest BCUT2D eigenvalue weighted by Crippen LogP contribution is 2.50. The van der Waals surface area contributed by atoms with Gasteiger partial charge in [-0.3, -0.25) is 0 Å². The molecule has 5 atom stereocenters. The number of allylic oxidation sites excluding steroid dienone is 2. The molecule has 0 aliphatic heterocycles. The highest BCUT2D eigenvalue weighted by Gasteiger charge is 2.43. The van der Waals surface area contributed by atoms with E-state index in [2.05, 4.69) is 49.0 Å². The van der Waals surface area contributed by atoms with Crippen LogP contribution >= 0.6 is 15.9 Å². The van der Waals surface area contributed by atoms with Gasteiger partial charge in [0.2, 0.25) is 0 Å². The van der Waals surface area contributed by atoms with E-state index in [1.165, 1.54) is 5.57 Å². The van der Waals surface area contributed by atoms with E-state index in [4.69, 9.17) is 0 Å². The lowest BCUT2D eigenvalue weighted by atomic mass is 9.62. The molecule has 0 saturated heterocycles. The number of hydrogen-bond acceptors (Lipinski definition) is 2. The van der Waals surface area contributed by atoms with Crippen LogP contribution in [0.1, 0.15) is 59.8 Å². The van der Waals surface area contributed by atoms with E-state index in [9.17, 15) is 10.2 Å². The molecule has 1 rings (SSSR count). The Kier molecular flexibility index (Phi) is 7.31. The molecule has 0 aromatic carbocycles. The standard InChI is InChI=1S/C20H33BrO2/c1-7-19(5,23)12-10-16-15(4)8-9-18(21)20(16,6)13-11-17(22)14(2)3/h7-8,16-18,22-23H,1-2,9-13H2,3-6H3. The number of aliphatic hydroxyl groups is 2. The maximum absolute atomic E-state index is 10.3. The first-order valence-electron chi connectivity index (χ1n) is 8.53. The Morgan fingerprint density at radius 2 is 2.22 bits per heavy atom. The number of halogens is 1. The zero-order chi connectivity index (χ0) is 17.8. The molecule has 5 unspecified atom stereocenters. The lowest BCUT2D eigenvalue weighted by Gasteiger charge is -2.46. The van der Waals surface area contributed by atoms with Crippen LogP contribution in [-0.2, 0) is 0 Å². The third kappa shape index (κ3) is 5.30. The van der Waals surface area contributed by atoms with Crippen molar-refractivity contribution in [3.05, 3.63) is 36.5 Å². The minimum Gasteiger partial charge on any atom is -0.389 e. The van der Waals surface area contributed by atoms with E-state index in [1.807, 2.05) is 13.8 Å². The molecule has 0 fully saturated rings. The minimum atomic E-state index is -0.822. The largest absolute Gasteiger partial charge is 0.389 e. The second-order valence-electron chi connectivity index (χ2n) is 7.71. The third-order valence-electron chi connectivity index (χ3n) is 5.61. The van der Waals surface area contributed by atoms with Crippen molar-refractivity contribution in [2.45, 2.75) is 76.3 Å². The van der Waals surface area contributed by atoms with Gasteiger partial charge in [-0.25, -0.2) is 0 Å². The van der Waals surface area contributed by atoms with Crippen LogP contribution in [0.4, 0.5) is 0 Å². The van der Waals surface area contributed by atoms with Crippen LogP contribution in [0.2, 0.25) is 0 Å². The normalized spacial score (nSPS) is 31.9. The van der Waals surface area contributed by atoms with Gasteiger partial charge >= 0.3 is 0 Å². The molecule has 0 saturated carbocycles. The molecule has 0 radical (unpaired) electrons. The first-order valence-corrected chi connectivity index (χ1v) is 9.45. The van der Waals surface area contributed by atoms with Gasteiger partial charge in [0.1, 0.15) is 0 Å². The highest BCUT2D eigenvalue weighted by atomic mass is 79.9. The Bertz CT molecular complexity index is 466. The maximum atomic E-state index is 10.3. The average Bonchev–Trinajstić information content (AvgIpc) is 2.48. The molecule has 3 heteroatoms. The van der Waals surface area contributed by atoms with E-state index in [-0.39, 0.29) is 5.41 Å². The van der Waals surface area contributed by atoms with Gasteiger partial charge in [0.15, 0.2) is 0 Å². The molecule has 2 N–H and O–H groups in total. The van der Waals surface area contributed by atoms with Crippen molar-refractivity contribution in [2.24, 2.45) is 11.3 Å². The van der Waals surface area contributed by atoms with Crippen molar-refractivity contribution in [3.8, 4) is 0 Å². The van der Waals surface area contributed by atoms with Crippen LogP contribution in [0.5, 0.6) is 0 Å². The smallest absolute Gasteiger partial charge is 0.0797 e. The van der Waals surface area contributed by atoms with E-state index in [0.717, 1.165) is 31.3 Å². The molecule has 23 heavy (non-hydrogen) atoms. The summed E-state index contributed by atoms with van der Waals surface area (Å²) in [4.78, 5) is 0.384. The summed E-state index contributed by atoms with van der Waals surface area (Å²) < 4.78 is 0. The lowest BCUT2D eigenvalue weighted by Crippen LogP contribution is -2.41. The first-order chi connectivity index (χ1) is 10.5. The topological polar surface area (TPSA) is 40.5 Å². The summed E-state index contributed by atoms with van der Waals surface area (Å²) in [6.07, 6.45) is 7.80. The minimum absolute atomic E-state index is 0.0620. The molecule has 0 bridgehead atoms. The number of rotatable bonds is 8. The summed E-state index contributed by atoms with van der Waals surface area (Å²) in [6.45, 7) is 15.8. The first kappa shape index (κ1) is 20.7. The van der Waals surface area contributed by atoms with Gasteiger partial charge in [-0.15, -0.1) is 6.58 Å². The van der Waals surface area contributed by atoms with E-state index < -0.39 is 11.7 Å². The summed E-state index contributed by atoms with van der Waals surface area (Å²) in [5.41, 5.74) is 1.46. The molecule has 2 nitrogen and oxygen atoms in total. The van der Waals surface area contributed by atoms with Gasteiger partial charge in [-0.05, 0) is 64.2 Å². The Balaban J connectivity index is 2.91. The fourth-order valence-electron chi connectivity index (χ4n) is 3.56. The molecule has 1 aliphatic carbocycles. The number of alkyl halides is 1. The van der Waals surface area contributed by atoms with Gasteiger partial charge < -0.3 is 10.2 Å². The van der Waals surface area contributed by atoms with Crippen LogP contribution in [0, 0.1) is 11.3 Å².